The Balaban J connectivity index is 2.30. The summed E-state index contributed by atoms with van der Waals surface area (Å²) in [5.74, 6) is 0.399. The van der Waals surface area contributed by atoms with Crippen molar-refractivity contribution < 1.29 is 9.59 Å². The summed E-state index contributed by atoms with van der Waals surface area (Å²) in [6.07, 6.45) is 3.02. The molecule has 3 unspecified atom stereocenters. The van der Waals surface area contributed by atoms with Crippen LogP contribution in [-0.2, 0) is 9.59 Å². The molecule has 3 atom stereocenters. The Kier molecular flexibility index (Phi) is 5.41. The maximum Gasteiger partial charge on any atom is 0.223 e. The predicted octanol–water partition coefficient (Wildman–Crippen LogP) is 0.00220. The molecule has 0 bridgehead atoms. The molecule has 0 aliphatic heterocycles. The van der Waals surface area contributed by atoms with E-state index in [9.17, 15) is 9.59 Å². The molecule has 17 heavy (non-hydrogen) atoms. The number of carbonyl (C=O) groups is 2. The first kappa shape index (κ1) is 14.0. The van der Waals surface area contributed by atoms with Gasteiger partial charge in [0.05, 0.1) is 0 Å². The van der Waals surface area contributed by atoms with Gasteiger partial charge in [-0.1, -0.05) is 6.92 Å². The smallest absolute Gasteiger partial charge is 0.223 e. The highest BCUT2D eigenvalue weighted by Gasteiger charge is 2.30. The van der Waals surface area contributed by atoms with E-state index in [0.29, 0.717) is 18.9 Å². The van der Waals surface area contributed by atoms with Crippen molar-refractivity contribution in [1.29, 1.82) is 0 Å². The molecule has 0 aromatic rings. The summed E-state index contributed by atoms with van der Waals surface area (Å²) in [5.41, 5.74) is 5.86. The second-order valence-corrected chi connectivity index (χ2v) is 4.87. The number of hydrogen-bond acceptors (Lipinski definition) is 3. The minimum atomic E-state index is -0.0518. The van der Waals surface area contributed by atoms with Gasteiger partial charge in [-0.3, -0.25) is 9.59 Å². The SMILES string of the molecule is CNC(=O)CCNC(=O)C1CCC(N)CC1C. The Morgan fingerprint density at radius 2 is 2.06 bits per heavy atom. The zero-order valence-corrected chi connectivity index (χ0v) is 10.7. The maximum absolute atomic E-state index is 11.9. The van der Waals surface area contributed by atoms with Crippen LogP contribution in [0.2, 0.25) is 0 Å². The Morgan fingerprint density at radius 1 is 1.35 bits per heavy atom. The summed E-state index contributed by atoms with van der Waals surface area (Å²) in [6, 6.07) is 0.236. The summed E-state index contributed by atoms with van der Waals surface area (Å²) in [4.78, 5) is 22.9. The van der Waals surface area contributed by atoms with Gasteiger partial charge in [0.25, 0.3) is 0 Å². The number of rotatable bonds is 4. The summed E-state index contributed by atoms with van der Waals surface area (Å²) in [6.45, 7) is 2.48. The first-order chi connectivity index (χ1) is 8.04. The van der Waals surface area contributed by atoms with Crippen molar-refractivity contribution >= 4 is 11.8 Å². The Bertz CT molecular complexity index is 281. The van der Waals surface area contributed by atoms with E-state index in [1.165, 1.54) is 0 Å². The molecule has 4 N–H and O–H groups in total. The van der Waals surface area contributed by atoms with Gasteiger partial charge in [-0.2, -0.15) is 0 Å². The standard InChI is InChI=1S/C12H23N3O2/c1-8-7-9(13)3-4-10(8)12(17)15-6-5-11(16)14-2/h8-10H,3-7,13H2,1-2H3,(H,14,16)(H,15,17). The lowest BCUT2D eigenvalue weighted by Crippen LogP contribution is -2.41. The zero-order valence-electron chi connectivity index (χ0n) is 10.7. The van der Waals surface area contributed by atoms with Crippen molar-refractivity contribution in [3.05, 3.63) is 0 Å². The number of carbonyl (C=O) groups excluding carboxylic acids is 2. The molecule has 98 valence electrons. The molecule has 1 rings (SSSR count). The Morgan fingerprint density at radius 3 is 2.65 bits per heavy atom. The lowest BCUT2D eigenvalue weighted by molar-refractivity contribution is -0.127. The van der Waals surface area contributed by atoms with Crippen LogP contribution in [0.5, 0.6) is 0 Å². The monoisotopic (exact) mass is 241 g/mol. The fraction of sp³-hybridized carbons (Fsp3) is 0.833. The Labute approximate surface area is 103 Å². The van der Waals surface area contributed by atoms with E-state index in [4.69, 9.17) is 5.73 Å². The van der Waals surface area contributed by atoms with Gasteiger partial charge in [-0.05, 0) is 25.2 Å². The van der Waals surface area contributed by atoms with Crippen molar-refractivity contribution in [2.75, 3.05) is 13.6 Å². The molecule has 0 heterocycles. The molecule has 0 spiro atoms. The summed E-state index contributed by atoms with van der Waals surface area (Å²) >= 11 is 0. The van der Waals surface area contributed by atoms with Gasteiger partial charge in [-0.25, -0.2) is 0 Å². The molecule has 2 amide bonds. The molecular weight excluding hydrogens is 218 g/mol. The third-order valence-corrected chi connectivity index (χ3v) is 3.48. The van der Waals surface area contributed by atoms with Gasteiger partial charge in [0, 0.05) is 32.0 Å². The minimum absolute atomic E-state index is 0.0518. The van der Waals surface area contributed by atoms with Crippen molar-refractivity contribution in [3.8, 4) is 0 Å². The van der Waals surface area contributed by atoms with E-state index in [1.54, 1.807) is 7.05 Å². The number of hydrogen-bond donors (Lipinski definition) is 3. The van der Waals surface area contributed by atoms with Crippen LogP contribution in [0.15, 0.2) is 0 Å². The third-order valence-electron chi connectivity index (χ3n) is 3.48. The maximum atomic E-state index is 11.9. The van der Waals surface area contributed by atoms with E-state index >= 15 is 0 Å². The van der Waals surface area contributed by atoms with Gasteiger partial charge in [-0.15, -0.1) is 0 Å². The fourth-order valence-electron chi connectivity index (χ4n) is 2.38. The highest BCUT2D eigenvalue weighted by Crippen LogP contribution is 2.29. The molecule has 1 aliphatic carbocycles. The second kappa shape index (κ2) is 6.59. The quantitative estimate of drug-likeness (QED) is 0.648. The van der Waals surface area contributed by atoms with E-state index in [2.05, 4.69) is 17.6 Å². The van der Waals surface area contributed by atoms with Crippen molar-refractivity contribution in [3.63, 3.8) is 0 Å². The van der Waals surface area contributed by atoms with Gasteiger partial charge in [0.2, 0.25) is 11.8 Å². The van der Waals surface area contributed by atoms with Gasteiger partial charge >= 0.3 is 0 Å². The number of amides is 2. The summed E-state index contributed by atoms with van der Waals surface area (Å²) in [5, 5.41) is 5.35. The lowest BCUT2D eigenvalue weighted by Gasteiger charge is -2.31. The van der Waals surface area contributed by atoms with Crippen LogP contribution in [0, 0.1) is 11.8 Å². The second-order valence-electron chi connectivity index (χ2n) is 4.87. The van der Waals surface area contributed by atoms with Crippen LogP contribution in [0.4, 0.5) is 0 Å². The van der Waals surface area contributed by atoms with Crippen LogP contribution >= 0.6 is 0 Å². The molecule has 1 saturated carbocycles. The molecule has 0 aromatic heterocycles. The van der Waals surface area contributed by atoms with E-state index in [-0.39, 0.29) is 23.8 Å². The molecule has 0 radical (unpaired) electrons. The van der Waals surface area contributed by atoms with Gasteiger partial charge in [0.1, 0.15) is 0 Å². The number of nitrogens with one attached hydrogen (secondary N) is 2. The van der Waals surface area contributed by atoms with Crippen molar-refractivity contribution in [2.45, 2.75) is 38.6 Å². The normalized spacial score (nSPS) is 28.5. The highest BCUT2D eigenvalue weighted by atomic mass is 16.2. The van der Waals surface area contributed by atoms with Crippen LogP contribution in [0.3, 0.4) is 0 Å². The summed E-state index contributed by atoms with van der Waals surface area (Å²) < 4.78 is 0. The van der Waals surface area contributed by atoms with Gasteiger partial charge in [0.15, 0.2) is 0 Å². The topological polar surface area (TPSA) is 84.2 Å². The van der Waals surface area contributed by atoms with E-state index in [1.807, 2.05) is 0 Å². The molecule has 0 aromatic carbocycles. The van der Waals surface area contributed by atoms with Crippen molar-refractivity contribution in [2.24, 2.45) is 17.6 Å². The molecular formula is C12H23N3O2. The molecule has 1 fully saturated rings. The minimum Gasteiger partial charge on any atom is -0.359 e. The molecule has 5 heteroatoms. The predicted molar refractivity (Wildman–Crippen MR) is 66.2 cm³/mol. The van der Waals surface area contributed by atoms with Crippen LogP contribution in [-0.4, -0.2) is 31.4 Å². The number of nitrogens with two attached hydrogens (primary N) is 1. The fourth-order valence-corrected chi connectivity index (χ4v) is 2.38. The van der Waals surface area contributed by atoms with Crippen LogP contribution in [0.1, 0.15) is 32.6 Å². The van der Waals surface area contributed by atoms with Crippen molar-refractivity contribution in [1.82, 2.24) is 10.6 Å². The lowest BCUT2D eigenvalue weighted by atomic mass is 9.78. The molecule has 5 nitrogen and oxygen atoms in total. The molecule has 0 saturated heterocycles. The largest absolute Gasteiger partial charge is 0.359 e. The zero-order chi connectivity index (χ0) is 12.8. The average molecular weight is 241 g/mol. The van der Waals surface area contributed by atoms with Crippen LogP contribution < -0.4 is 16.4 Å². The summed E-state index contributed by atoms with van der Waals surface area (Å²) in [7, 11) is 1.59. The highest BCUT2D eigenvalue weighted by molar-refractivity contribution is 5.80. The third kappa shape index (κ3) is 4.34. The van der Waals surface area contributed by atoms with E-state index in [0.717, 1.165) is 19.3 Å². The Hall–Kier alpha value is -1.10. The molecule has 1 aliphatic rings. The first-order valence-corrected chi connectivity index (χ1v) is 6.28. The average Bonchev–Trinajstić information content (AvgIpc) is 2.28. The first-order valence-electron chi connectivity index (χ1n) is 6.28. The van der Waals surface area contributed by atoms with E-state index < -0.39 is 0 Å². The van der Waals surface area contributed by atoms with Crippen LogP contribution in [0.25, 0.3) is 0 Å². The van der Waals surface area contributed by atoms with Gasteiger partial charge < -0.3 is 16.4 Å².